The van der Waals surface area contributed by atoms with Gasteiger partial charge in [0, 0.05) is 18.3 Å². The van der Waals surface area contributed by atoms with Crippen molar-refractivity contribution >= 4 is 15.7 Å². The third-order valence-corrected chi connectivity index (χ3v) is 6.08. The van der Waals surface area contributed by atoms with Gasteiger partial charge in [0.15, 0.2) is 0 Å². The standard InChI is InChI=1S/C15H22N2O2S/c1-11-5-2-7-13(11)17-20(18,19)15-9-3-8-14-12(15)6-4-10-16-14/h3,8-9,11,13,16-17H,2,4-7,10H2,1H3. The Labute approximate surface area is 121 Å². The van der Waals surface area contributed by atoms with E-state index in [0.29, 0.717) is 10.8 Å². The fourth-order valence-electron chi connectivity index (χ4n) is 3.31. The second-order valence-electron chi connectivity index (χ2n) is 5.95. The number of anilines is 1. The molecule has 0 saturated heterocycles. The van der Waals surface area contributed by atoms with E-state index in [-0.39, 0.29) is 6.04 Å². The molecular formula is C15H22N2O2S. The Morgan fingerprint density at radius 2 is 2.10 bits per heavy atom. The average molecular weight is 294 g/mol. The minimum Gasteiger partial charge on any atom is -0.385 e. The summed E-state index contributed by atoms with van der Waals surface area (Å²) in [5.74, 6) is 0.433. The fraction of sp³-hybridized carbons (Fsp3) is 0.600. The second-order valence-corrected chi connectivity index (χ2v) is 7.63. The predicted molar refractivity (Wildman–Crippen MR) is 80.4 cm³/mol. The lowest BCUT2D eigenvalue weighted by Crippen LogP contribution is -2.37. The molecule has 3 rings (SSSR count). The number of hydrogen-bond donors (Lipinski definition) is 2. The number of fused-ring (bicyclic) bond motifs is 1. The van der Waals surface area contributed by atoms with Gasteiger partial charge >= 0.3 is 0 Å². The zero-order valence-electron chi connectivity index (χ0n) is 11.9. The van der Waals surface area contributed by atoms with Crippen molar-refractivity contribution in [2.45, 2.75) is 50.0 Å². The lowest BCUT2D eigenvalue weighted by atomic mass is 10.0. The van der Waals surface area contributed by atoms with E-state index in [1.54, 1.807) is 6.07 Å². The van der Waals surface area contributed by atoms with Crippen molar-refractivity contribution in [1.82, 2.24) is 4.72 Å². The second kappa shape index (κ2) is 5.37. The van der Waals surface area contributed by atoms with Crippen molar-refractivity contribution in [2.24, 2.45) is 5.92 Å². The van der Waals surface area contributed by atoms with Gasteiger partial charge in [0.1, 0.15) is 0 Å². The molecule has 0 radical (unpaired) electrons. The lowest BCUT2D eigenvalue weighted by molar-refractivity contribution is 0.476. The van der Waals surface area contributed by atoms with Crippen molar-refractivity contribution in [3.63, 3.8) is 0 Å². The van der Waals surface area contributed by atoms with Crippen LogP contribution in [0.25, 0.3) is 0 Å². The van der Waals surface area contributed by atoms with E-state index in [4.69, 9.17) is 0 Å². The molecule has 2 N–H and O–H groups in total. The van der Waals surface area contributed by atoms with Crippen molar-refractivity contribution in [3.05, 3.63) is 23.8 Å². The molecule has 110 valence electrons. The molecule has 2 aliphatic rings. The van der Waals surface area contributed by atoms with Crippen LogP contribution >= 0.6 is 0 Å². The first-order chi connectivity index (χ1) is 9.58. The quantitative estimate of drug-likeness (QED) is 0.900. The van der Waals surface area contributed by atoms with Gasteiger partial charge in [-0.25, -0.2) is 13.1 Å². The van der Waals surface area contributed by atoms with E-state index >= 15 is 0 Å². The average Bonchev–Trinajstić information content (AvgIpc) is 2.83. The number of nitrogens with one attached hydrogen (secondary N) is 2. The van der Waals surface area contributed by atoms with E-state index in [9.17, 15) is 8.42 Å². The minimum absolute atomic E-state index is 0.0902. The zero-order valence-corrected chi connectivity index (χ0v) is 12.7. The summed E-state index contributed by atoms with van der Waals surface area (Å²) in [6, 6.07) is 5.61. The van der Waals surface area contributed by atoms with Crippen molar-refractivity contribution < 1.29 is 8.42 Å². The van der Waals surface area contributed by atoms with Crippen LogP contribution in [-0.4, -0.2) is 21.0 Å². The van der Waals surface area contributed by atoms with E-state index in [1.807, 2.05) is 12.1 Å². The van der Waals surface area contributed by atoms with E-state index in [1.165, 1.54) is 0 Å². The predicted octanol–water partition coefficient (Wildman–Crippen LogP) is 2.51. The van der Waals surface area contributed by atoms with Crippen LogP contribution in [0.15, 0.2) is 23.1 Å². The van der Waals surface area contributed by atoms with Gasteiger partial charge in [-0.05, 0) is 49.3 Å². The molecule has 1 fully saturated rings. The van der Waals surface area contributed by atoms with Gasteiger partial charge in [-0.3, -0.25) is 0 Å². The summed E-state index contributed by atoms with van der Waals surface area (Å²) < 4.78 is 28.2. The van der Waals surface area contributed by atoms with Crippen LogP contribution in [0.3, 0.4) is 0 Å². The molecule has 0 aromatic heterocycles. The monoisotopic (exact) mass is 294 g/mol. The molecule has 5 heteroatoms. The highest BCUT2D eigenvalue weighted by atomic mass is 32.2. The fourth-order valence-corrected chi connectivity index (χ4v) is 4.98. The number of sulfonamides is 1. The Hall–Kier alpha value is -1.07. The summed E-state index contributed by atoms with van der Waals surface area (Å²) in [6.45, 7) is 3.05. The van der Waals surface area contributed by atoms with Gasteiger partial charge in [-0.1, -0.05) is 19.4 Å². The summed E-state index contributed by atoms with van der Waals surface area (Å²) in [6.07, 6.45) is 5.00. The van der Waals surface area contributed by atoms with Crippen molar-refractivity contribution in [2.75, 3.05) is 11.9 Å². The summed E-state index contributed by atoms with van der Waals surface area (Å²) in [5.41, 5.74) is 1.91. The first-order valence-electron chi connectivity index (χ1n) is 7.46. The lowest BCUT2D eigenvalue weighted by Gasteiger charge is -2.23. The molecule has 1 aromatic rings. The number of rotatable bonds is 3. The van der Waals surface area contributed by atoms with Crippen LogP contribution < -0.4 is 10.0 Å². The Morgan fingerprint density at radius 1 is 1.25 bits per heavy atom. The first kappa shape index (κ1) is 13.9. The zero-order chi connectivity index (χ0) is 14.2. The highest BCUT2D eigenvalue weighted by molar-refractivity contribution is 7.89. The van der Waals surface area contributed by atoms with Crippen LogP contribution in [0.2, 0.25) is 0 Å². The molecule has 0 bridgehead atoms. The molecule has 0 spiro atoms. The maximum absolute atomic E-state index is 12.7. The van der Waals surface area contributed by atoms with Crippen LogP contribution in [0, 0.1) is 5.92 Å². The highest BCUT2D eigenvalue weighted by Gasteiger charge is 2.30. The molecule has 4 nitrogen and oxygen atoms in total. The minimum atomic E-state index is -3.41. The van der Waals surface area contributed by atoms with Gasteiger partial charge < -0.3 is 5.32 Å². The maximum atomic E-state index is 12.7. The van der Waals surface area contributed by atoms with Crippen LogP contribution in [-0.2, 0) is 16.4 Å². The van der Waals surface area contributed by atoms with Crippen LogP contribution in [0.1, 0.15) is 38.2 Å². The largest absolute Gasteiger partial charge is 0.385 e. The molecule has 1 aromatic carbocycles. The number of hydrogen-bond acceptors (Lipinski definition) is 3. The topological polar surface area (TPSA) is 58.2 Å². The Bertz CT molecular complexity index is 598. The van der Waals surface area contributed by atoms with E-state index in [2.05, 4.69) is 17.0 Å². The maximum Gasteiger partial charge on any atom is 0.241 e. The highest BCUT2D eigenvalue weighted by Crippen LogP contribution is 2.30. The van der Waals surface area contributed by atoms with Crippen LogP contribution in [0.5, 0.6) is 0 Å². The summed E-state index contributed by atoms with van der Waals surface area (Å²) in [4.78, 5) is 0.460. The summed E-state index contributed by atoms with van der Waals surface area (Å²) in [5, 5.41) is 3.29. The van der Waals surface area contributed by atoms with Gasteiger partial charge in [-0.15, -0.1) is 0 Å². The molecule has 0 amide bonds. The van der Waals surface area contributed by atoms with E-state index < -0.39 is 10.0 Å². The molecular weight excluding hydrogens is 272 g/mol. The van der Waals surface area contributed by atoms with Crippen molar-refractivity contribution in [1.29, 1.82) is 0 Å². The normalized spacial score (nSPS) is 26.1. The van der Waals surface area contributed by atoms with Gasteiger partial charge in [0.05, 0.1) is 4.90 Å². The Kier molecular flexibility index (Phi) is 3.73. The van der Waals surface area contributed by atoms with Gasteiger partial charge in [0.2, 0.25) is 10.0 Å². The number of benzene rings is 1. The van der Waals surface area contributed by atoms with Gasteiger partial charge in [0.25, 0.3) is 0 Å². The smallest absolute Gasteiger partial charge is 0.241 e. The van der Waals surface area contributed by atoms with E-state index in [0.717, 1.165) is 49.9 Å². The Balaban J connectivity index is 1.91. The SMILES string of the molecule is CC1CCCC1NS(=O)(=O)c1cccc2c1CCCN2. The molecule has 1 saturated carbocycles. The molecule has 2 unspecified atom stereocenters. The molecule has 1 aliphatic heterocycles. The third-order valence-electron chi connectivity index (χ3n) is 4.51. The summed E-state index contributed by atoms with van der Waals surface area (Å²) >= 11 is 0. The molecule has 1 aliphatic carbocycles. The Morgan fingerprint density at radius 3 is 2.85 bits per heavy atom. The molecule has 1 heterocycles. The summed E-state index contributed by atoms with van der Waals surface area (Å²) in [7, 11) is -3.41. The first-order valence-corrected chi connectivity index (χ1v) is 8.94. The molecule has 20 heavy (non-hydrogen) atoms. The third kappa shape index (κ3) is 2.56. The van der Waals surface area contributed by atoms with Gasteiger partial charge in [-0.2, -0.15) is 0 Å². The molecule has 2 atom stereocenters. The van der Waals surface area contributed by atoms with Crippen molar-refractivity contribution in [3.8, 4) is 0 Å². The van der Waals surface area contributed by atoms with Crippen LogP contribution in [0.4, 0.5) is 5.69 Å².